The first-order valence-corrected chi connectivity index (χ1v) is 7.67. The van der Waals surface area contributed by atoms with Gasteiger partial charge in [0.05, 0.1) is 5.69 Å². The Hall–Kier alpha value is -1.88. The van der Waals surface area contributed by atoms with E-state index < -0.39 is 0 Å². The van der Waals surface area contributed by atoms with Crippen molar-refractivity contribution in [2.24, 2.45) is 5.92 Å². The predicted molar refractivity (Wildman–Crippen MR) is 81.9 cm³/mol. The van der Waals surface area contributed by atoms with Crippen molar-refractivity contribution in [1.29, 1.82) is 0 Å². The number of carbonyl (C=O) groups excluding carboxylic acids is 1. The first-order chi connectivity index (χ1) is 9.72. The lowest BCUT2D eigenvalue weighted by Gasteiger charge is -2.15. The van der Waals surface area contributed by atoms with E-state index in [0.717, 1.165) is 30.8 Å². The number of benzene rings is 1. The van der Waals surface area contributed by atoms with Gasteiger partial charge in [0, 0.05) is 24.0 Å². The van der Waals surface area contributed by atoms with E-state index in [0.29, 0.717) is 11.0 Å². The van der Waals surface area contributed by atoms with Gasteiger partial charge in [0.15, 0.2) is 5.13 Å². The maximum Gasteiger partial charge on any atom is 0.323 e. The van der Waals surface area contributed by atoms with Crippen molar-refractivity contribution in [1.82, 2.24) is 9.88 Å². The molecule has 3 rings (SSSR count). The average molecular weight is 287 g/mol. The lowest BCUT2D eigenvalue weighted by molar-refractivity contribution is 0.221. The van der Waals surface area contributed by atoms with Gasteiger partial charge in [-0.3, -0.25) is 5.32 Å². The first-order valence-electron chi connectivity index (χ1n) is 6.79. The van der Waals surface area contributed by atoms with Crippen LogP contribution in [0.2, 0.25) is 0 Å². The largest absolute Gasteiger partial charge is 0.324 e. The molecule has 0 spiro atoms. The fourth-order valence-electron chi connectivity index (χ4n) is 2.36. The molecule has 20 heavy (non-hydrogen) atoms. The molecule has 1 N–H and O–H groups in total. The highest BCUT2D eigenvalue weighted by Gasteiger charge is 2.23. The van der Waals surface area contributed by atoms with Crippen LogP contribution in [0.5, 0.6) is 0 Å². The summed E-state index contributed by atoms with van der Waals surface area (Å²) in [6, 6.07) is 9.94. The Morgan fingerprint density at radius 1 is 1.40 bits per heavy atom. The molecule has 104 valence electrons. The maximum atomic E-state index is 12.1. The molecule has 1 atom stereocenters. The number of anilines is 1. The smallest absolute Gasteiger partial charge is 0.323 e. The summed E-state index contributed by atoms with van der Waals surface area (Å²) in [6.07, 6.45) is 1.08. The summed E-state index contributed by atoms with van der Waals surface area (Å²) in [5.41, 5.74) is 1.97. The van der Waals surface area contributed by atoms with E-state index in [4.69, 9.17) is 0 Å². The summed E-state index contributed by atoms with van der Waals surface area (Å²) in [5, 5.41) is 5.52. The quantitative estimate of drug-likeness (QED) is 0.915. The summed E-state index contributed by atoms with van der Waals surface area (Å²) < 4.78 is 0. The summed E-state index contributed by atoms with van der Waals surface area (Å²) >= 11 is 1.46. The van der Waals surface area contributed by atoms with E-state index in [1.165, 1.54) is 11.3 Å². The molecule has 1 aromatic heterocycles. The second kappa shape index (κ2) is 5.63. The van der Waals surface area contributed by atoms with Crippen LogP contribution in [-0.2, 0) is 0 Å². The molecule has 0 bridgehead atoms. The minimum Gasteiger partial charge on any atom is -0.324 e. The highest BCUT2D eigenvalue weighted by Crippen LogP contribution is 2.25. The van der Waals surface area contributed by atoms with E-state index in [-0.39, 0.29) is 6.03 Å². The van der Waals surface area contributed by atoms with E-state index in [2.05, 4.69) is 17.2 Å². The fraction of sp³-hybridized carbons (Fsp3) is 0.333. The highest BCUT2D eigenvalue weighted by molar-refractivity contribution is 7.14. The van der Waals surface area contributed by atoms with Crippen LogP contribution in [-0.4, -0.2) is 29.0 Å². The van der Waals surface area contributed by atoms with Crippen LogP contribution in [0, 0.1) is 5.92 Å². The molecule has 1 fully saturated rings. The monoisotopic (exact) mass is 287 g/mol. The van der Waals surface area contributed by atoms with Crippen molar-refractivity contribution in [3.8, 4) is 11.3 Å². The minimum atomic E-state index is -0.0386. The second-order valence-corrected chi connectivity index (χ2v) is 6.03. The Morgan fingerprint density at radius 2 is 2.20 bits per heavy atom. The molecular formula is C15H17N3OS. The number of rotatable bonds is 2. The third kappa shape index (κ3) is 2.82. The molecule has 1 aliphatic heterocycles. The van der Waals surface area contributed by atoms with Gasteiger partial charge in [0.25, 0.3) is 0 Å². The standard InChI is InChI=1S/C15H17N3OS/c1-11-7-8-18(9-11)15(19)17-14-16-13(10-20-14)12-5-3-2-4-6-12/h2-6,10-11H,7-9H2,1H3,(H,16,17,19). The molecule has 0 aliphatic carbocycles. The topological polar surface area (TPSA) is 45.2 Å². The van der Waals surface area contributed by atoms with Gasteiger partial charge in [0.2, 0.25) is 0 Å². The van der Waals surface area contributed by atoms with Gasteiger partial charge in [-0.25, -0.2) is 9.78 Å². The molecular weight excluding hydrogens is 270 g/mol. The van der Waals surface area contributed by atoms with Crippen molar-refractivity contribution in [3.63, 3.8) is 0 Å². The number of nitrogens with zero attached hydrogens (tertiary/aromatic N) is 2. The van der Waals surface area contributed by atoms with Crippen LogP contribution in [0.4, 0.5) is 9.93 Å². The number of likely N-dealkylation sites (tertiary alicyclic amines) is 1. The van der Waals surface area contributed by atoms with Crippen LogP contribution >= 0.6 is 11.3 Å². The summed E-state index contributed by atoms with van der Waals surface area (Å²) in [5.74, 6) is 0.594. The molecule has 5 heteroatoms. The Labute approximate surface area is 122 Å². The molecule has 2 aromatic rings. The van der Waals surface area contributed by atoms with Gasteiger partial charge in [0.1, 0.15) is 0 Å². The molecule has 0 saturated carbocycles. The van der Waals surface area contributed by atoms with Crippen molar-refractivity contribution < 1.29 is 4.79 Å². The van der Waals surface area contributed by atoms with Crippen molar-refractivity contribution in [2.45, 2.75) is 13.3 Å². The Bertz CT molecular complexity index is 596. The van der Waals surface area contributed by atoms with E-state index in [1.54, 1.807) is 0 Å². The number of hydrogen-bond donors (Lipinski definition) is 1. The Kier molecular flexibility index (Phi) is 3.69. The van der Waals surface area contributed by atoms with Gasteiger partial charge < -0.3 is 4.90 Å². The van der Waals surface area contributed by atoms with E-state index in [9.17, 15) is 4.79 Å². The number of aromatic nitrogens is 1. The predicted octanol–water partition coefficient (Wildman–Crippen LogP) is 3.68. The van der Waals surface area contributed by atoms with Crippen LogP contribution in [0.1, 0.15) is 13.3 Å². The van der Waals surface area contributed by atoms with Gasteiger partial charge in [-0.2, -0.15) is 0 Å². The average Bonchev–Trinajstić information content (AvgIpc) is 3.09. The molecule has 1 saturated heterocycles. The number of amides is 2. The zero-order chi connectivity index (χ0) is 13.9. The maximum absolute atomic E-state index is 12.1. The Morgan fingerprint density at radius 3 is 2.90 bits per heavy atom. The van der Waals surface area contributed by atoms with Gasteiger partial charge in [-0.05, 0) is 12.3 Å². The third-order valence-electron chi connectivity index (χ3n) is 3.50. The number of urea groups is 1. The molecule has 0 radical (unpaired) electrons. The van der Waals surface area contributed by atoms with Crippen molar-refractivity contribution >= 4 is 22.5 Å². The Balaban J connectivity index is 1.67. The SMILES string of the molecule is CC1CCN(C(=O)Nc2nc(-c3ccccc3)cs2)C1. The number of nitrogens with one attached hydrogen (secondary N) is 1. The van der Waals surface area contributed by atoms with Crippen LogP contribution < -0.4 is 5.32 Å². The lowest BCUT2D eigenvalue weighted by Crippen LogP contribution is -2.32. The zero-order valence-electron chi connectivity index (χ0n) is 11.4. The van der Waals surface area contributed by atoms with Crippen LogP contribution in [0.3, 0.4) is 0 Å². The summed E-state index contributed by atoms with van der Waals surface area (Å²) in [4.78, 5) is 18.4. The summed E-state index contributed by atoms with van der Waals surface area (Å²) in [6.45, 7) is 3.84. The van der Waals surface area contributed by atoms with Gasteiger partial charge in [-0.15, -0.1) is 11.3 Å². The molecule has 1 aromatic carbocycles. The molecule has 4 nitrogen and oxygen atoms in total. The number of thiazole rings is 1. The second-order valence-electron chi connectivity index (χ2n) is 5.17. The third-order valence-corrected chi connectivity index (χ3v) is 4.26. The summed E-state index contributed by atoms with van der Waals surface area (Å²) in [7, 11) is 0. The van der Waals surface area contributed by atoms with Crippen molar-refractivity contribution in [3.05, 3.63) is 35.7 Å². The molecule has 1 unspecified atom stereocenters. The molecule has 2 heterocycles. The molecule has 2 amide bonds. The fourth-order valence-corrected chi connectivity index (χ4v) is 3.07. The minimum absolute atomic E-state index is 0.0386. The van der Waals surface area contributed by atoms with E-state index >= 15 is 0 Å². The normalized spacial score (nSPS) is 18.2. The molecule has 1 aliphatic rings. The van der Waals surface area contributed by atoms with Gasteiger partial charge >= 0.3 is 6.03 Å². The first kappa shape index (κ1) is 13.1. The van der Waals surface area contributed by atoms with Crippen molar-refractivity contribution in [2.75, 3.05) is 18.4 Å². The lowest BCUT2D eigenvalue weighted by atomic mass is 10.2. The van der Waals surface area contributed by atoms with Gasteiger partial charge in [-0.1, -0.05) is 37.3 Å². The zero-order valence-corrected chi connectivity index (χ0v) is 12.2. The number of carbonyl (C=O) groups is 1. The number of hydrogen-bond acceptors (Lipinski definition) is 3. The highest BCUT2D eigenvalue weighted by atomic mass is 32.1. The van der Waals surface area contributed by atoms with Crippen LogP contribution in [0.15, 0.2) is 35.7 Å². The van der Waals surface area contributed by atoms with E-state index in [1.807, 2.05) is 40.6 Å². The van der Waals surface area contributed by atoms with Crippen LogP contribution in [0.25, 0.3) is 11.3 Å².